The summed E-state index contributed by atoms with van der Waals surface area (Å²) in [6.45, 7) is 0.114. The van der Waals surface area contributed by atoms with E-state index in [1.807, 2.05) is 30.3 Å². The zero-order valence-corrected chi connectivity index (χ0v) is 10.7. The molecule has 4 N–H and O–H groups in total. The van der Waals surface area contributed by atoms with E-state index >= 15 is 0 Å². The fourth-order valence-corrected chi connectivity index (χ4v) is 1.67. The number of nitrogen functional groups attached to an aromatic ring is 1. The Morgan fingerprint density at radius 1 is 1.20 bits per heavy atom. The van der Waals surface area contributed by atoms with Crippen molar-refractivity contribution in [2.24, 2.45) is 5.73 Å². The number of hydrogen-bond donors (Lipinski definition) is 3. The van der Waals surface area contributed by atoms with Crippen LogP contribution >= 0.6 is 0 Å². The van der Waals surface area contributed by atoms with Crippen molar-refractivity contribution in [2.45, 2.75) is 6.61 Å². The Morgan fingerprint density at radius 3 is 2.55 bits per heavy atom. The molecule has 0 heterocycles. The molecule has 0 saturated heterocycles. The Bertz CT molecular complexity index is 639. The Morgan fingerprint density at radius 2 is 1.90 bits per heavy atom. The molecule has 0 fully saturated rings. The average Bonchev–Trinajstić information content (AvgIpc) is 2.46. The van der Waals surface area contributed by atoms with E-state index in [2.05, 4.69) is 0 Å². The van der Waals surface area contributed by atoms with Crippen LogP contribution in [-0.2, 0) is 11.3 Å². The molecule has 0 atom stereocenters. The second-order valence-corrected chi connectivity index (χ2v) is 4.21. The zero-order valence-electron chi connectivity index (χ0n) is 10.7. The minimum atomic E-state index is -0.658. The summed E-state index contributed by atoms with van der Waals surface area (Å²) in [5, 5.41) is 17.0. The minimum absolute atomic E-state index is 0.00590. The topological polar surface area (TPSA) is 96.4 Å². The third kappa shape index (κ3) is 3.14. The van der Waals surface area contributed by atoms with Gasteiger partial charge >= 0.3 is 5.97 Å². The van der Waals surface area contributed by atoms with Gasteiger partial charge in [0.05, 0.1) is 0 Å². The van der Waals surface area contributed by atoms with Crippen LogP contribution in [0.2, 0.25) is 0 Å². The van der Waals surface area contributed by atoms with E-state index in [-0.39, 0.29) is 23.8 Å². The van der Waals surface area contributed by atoms with E-state index < -0.39 is 5.97 Å². The summed E-state index contributed by atoms with van der Waals surface area (Å²) >= 11 is 0. The maximum absolute atomic E-state index is 11.9. The largest absolute Gasteiger partial charge is 0.507 e. The first kappa shape index (κ1) is 13.6. The van der Waals surface area contributed by atoms with Crippen molar-refractivity contribution in [3.8, 4) is 5.75 Å². The highest BCUT2D eigenvalue weighted by Gasteiger charge is 2.14. The molecular weight excluding hydrogens is 256 g/mol. The SMILES string of the molecule is N=C(N)c1ccc(O)c(C(=O)OCc2ccccc2)c1. The molecule has 0 radical (unpaired) electrons. The van der Waals surface area contributed by atoms with Gasteiger partial charge in [-0.15, -0.1) is 0 Å². The van der Waals surface area contributed by atoms with E-state index in [1.165, 1.54) is 18.2 Å². The number of carbonyl (C=O) groups excluding carboxylic acids is 1. The number of benzene rings is 2. The summed E-state index contributed by atoms with van der Waals surface area (Å²) < 4.78 is 5.12. The van der Waals surface area contributed by atoms with Crippen molar-refractivity contribution in [1.29, 1.82) is 5.41 Å². The number of ether oxygens (including phenoxy) is 1. The highest BCUT2D eigenvalue weighted by molar-refractivity contribution is 5.99. The van der Waals surface area contributed by atoms with Crippen molar-refractivity contribution in [3.63, 3.8) is 0 Å². The number of phenols is 1. The van der Waals surface area contributed by atoms with Gasteiger partial charge in [0.2, 0.25) is 0 Å². The number of esters is 1. The summed E-state index contributed by atoms with van der Waals surface area (Å²) in [6.07, 6.45) is 0. The van der Waals surface area contributed by atoms with Crippen molar-refractivity contribution >= 4 is 11.8 Å². The fraction of sp³-hybridized carbons (Fsp3) is 0.0667. The Hall–Kier alpha value is -2.82. The number of amidine groups is 1. The lowest BCUT2D eigenvalue weighted by atomic mass is 10.1. The van der Waals surface area contributed by atoms with Gasteiger partial charge in [-0.3, -0.25) is 5.41 Å². The van der Waals surface area contributed by atoms with Gasteiger partial charge in [-0.05, 0) is 23.8 Å². The Balaban J connectivity index is 2.13. The first-order valence-electron chi connectivity index (χ1n) is 5.96. The molecule has 0 aliphatic heterocycles. The van der Waals surface area contributed by atoms with Gasteiger partial charge < -0.3 is 15.6 Å². The molecule has 0 amide bonds. The van der Waals surface area contributed by atoms with Crippen LogP contribution in [-0.4, -0.2) is 16.9 Å². The number of carbonyl (C=O) groups is 1. The molecule has 5 nitrogen and oxygen atoms in total. The lowest BCUT2D eigenvalue weighted by Gasteiger charge is -2.08. The van der Waals surface area contributed by atoms with Crippen molar-refractivity contribution in [3.05, 3.63) is 65.2 Å². The second-order valence-electron chi connectivity index (χ2n) is 4.21. The smallest absolute Gasteiger partial charge is 0.342 e. The van der Waals surface area contributed by atoms with Crippen molar-refractivity contribution in [1.82, 2.24) is 0 Å². The van der Waals surface area contributed by atoms with Crippen LogP contribution in [0.25, 0.3) is 0 Å². The number of rotatable bonds is 4. The molecule has 0 aliphatic rings. The summed E-state index contributed by atoms with van der Waals surface area (Å²) in [6, 6.07) is 13.3. The Labute approximate surface area is 116 Å². The van der Waals surface area contributed by atoms with Gasteiger partial charge in [-0.1, -0.05) is 30.3 Å². The molecule has 2 rings (SSSR count). The predicted molar refractivity (Wildman–Crippen MR) is 74.7 cm³/mol. The lowest BCUT2D eigenvalue weighted by molar-refractivity contribution is 0.0469. The highest BCUT2D eigenvalue weighted by atomic mass is 16.5. The van der Waals surface area contributed by atoms with Crippen LogP contribution in [0.4, 0.5) is 0 Å². The average molecular weight is 270 g/mol. The standard InChI is InChI=1S/C15H14N2O3/c16-14(17)11-6-7-13(18)12(8-11)15(19)20-9-10-4-2-1-3-5-10/h1-8,18H,9H2,(H3,16,17). The molecule has 0 bridgehead atoms. The van der Waals surface area contributed by atoms with Gasteiger partial charge in [-0.25, -0.2) is 4.79 Å². The minimum Gasteiger partial charge on any atom is -0.507 e. The third-order valence-corrected chi connectivity index (χ3v) is 2.74. The number of phenolic OH excluding ortho intramolecular Hbond substituents is 1. The molecule has 0 aliphatic carbocycles. The summed E-state index contributed by atoms with van der Waals surface area (Å²) in [7, 11) is 0. The molecule has 5 heteroatoms. The molecule has 0 aromatic heterocycles. The van der Waals surface area contributed by atoms with Crippen molar-refractivity contribution in [2.75, 3.05) is 0 Å². The second kappa shape index (κ2) is 5.88. The van der Waals surface area contributed by atoms with E-state index in [9.17, 15) is 9.90 Å². The summed E-state index contributed by atoms with van der Waals surface area (Å²) in [5.41, 5.74) is 6.55. The quantitative estimate of drug-likeness (QED) is 0.450. The molecular formula is C15H14N2O3. The maximum atomic E-state index is 11.9. The first-order valence-corrected chi connectivity index (χ1v) is 5.96. The first-order chi connectivity index (χ1) is 9.58. The molecule has 0 spiro atoms. The predicted octanol–water partition coefficient (Wildman–Crippen LogP) is 2.03. The molecule has 2 aromatic rings. The van der Waals surface area contributed by atoms with Gasteiger partial charge in [-0.2, -0.15) is 0 Å². The lowest BCUT2D eigenvalue weighted by Crippen LogP contribution is -2.13. The van der Waals surface area contributed by atoms with E-state index in [0.717, 1.165) is 5.56 Å². The molecule has 0 saturated carbocycles. The number of aromatic hydroxyl groups is 1. The van der Waals surface area contributed by atoms with Crippen molar-refractivity contribution < 1.29 is 14.6 Å². The van der Waals surface area contributed by atoms with Crippen LogP contribution in [0.1, 0.15) is 21.5 Å². The normalized spacial score (nSPS) is 10.0. The zero-order chi connectivity index (χ0) is 14.5. The molecule has 0 unspecified atom stereocenters. The Kier molecular flexibility index (Phi) is 4.00. The van der Waals surface area contributed by atoms with E-state index in [4.69, 9.17) is 15.9 Å². The van der Waals surface area contributed by atoms with Gasteiger partial charge in [0.15, 0.2) is 0 Å². The maximum Gasteiger partial charge on any atom is 0.342 e. The van der Waals surface area contributed by atoms with Crippen LogP contribution in [0, 0.1) is 5.41 Å². The van der Waals surface area contributed by atoms with Gasteiger partial charge in [0, 0.05) is 5.56 Å². The number of nitrogens with two attached hydrogens (primary N) is 1. The highest BCUT2D eigenvalue weighted by Crippen LogP contribution is 2.20. The summed E-state index contributed by atoms with van der Waals surface area (Å²) in [5.74, 6) is -1.04. The number of nitrogens with one attached hydrogen (secondary N) is 1. The van der Waals surface area contributed by atoms with E-state index in [1.54, 1.807) is 0 Å². The van der Waals surface area contributed by atoms with Crippen LogP contribution in [0.5, 0.6) is 5.75 Å². The monoisotopic (exact) mass is 270 g/mol. The van der Waals surface area contributed by atoms with Gasteiger partial charge in [0.25, 0.3) is 0 Å². The van der Waals surface area contributed by atoms with E-state index in [0.29, 0.717) is 5.56 Å². The van der Waals surface area contributed by atoms with Crippen LogP contribution < -0.4 is 5.73 Å². The molecule has 102 valence electrons. The molecule has 20 heavy (non-hydrogen) atoms. The number of hydrogen-bond acceptors (Lipinski definition) is 4. The van der Waals surface area contributed by atoms with Crippen LogP contribution in [0.3, 0.4) is 0 Å². The molecule has 2 aromatic carbocycles. The van der Waals surface area contributed by atoms with Crippen LogP contribution in [0.15, 0.2) is 48.5 Å². The fourth-order valence-electron chi connectivity index (χ4n) is 1.67. The van der Waals surface area contributed by atoms with Gasteiger partial charge in [0.1, 0.15) is 23.8 Å². The summed E-state index contributed by atoms with van der Waals surface area (Å²) in [4.78, 5) is 11.9. The third-order valence-electron chi connectivity index (χ3n) is 2.74.